The van der Waals surface area contributed by atoms with E-state index in [-0.39, 0.29) is 42.4 Å². The second-order valence-electron chi connectivity index (χ2n) is 4.29. The number of aliphatic hydroxyl groups is 1. The zero-order valence-electron chi connectivity index (χ0n) is 9.37. The minimum atomic E-state index is 0.0635. The first-order valence-electron chi connectivity index (χ1n) is 5.83. The average molecular weight is 451 g/mol. The van der Waals surface area contributed by atoms with E-state index in [1.54, 1.807) is 0 Å². The van der Waals surface area contributed by atoms with Gasteiger partial charge in [0.15, 0.2) is 0 Å². The van der Waals surface area contributed by atoms with E-state index in [1.165, 1.54) is 21.7 Å². The quantitative estimate of drug-likeness (QED) is 0.343. The van der Waals surface area contributed by atoms with Crippen molar-refractivity contribution in [3.63, 3.8) is 0 Å². The molecule has 2 rings (SSSR count). The van der Waals surface area contributed by atoms with E-state index >= 15 is 0 Å². The van der Waals surface area contributed by atoms with Gasteiger partial charge in [0.2, 0.25) is 0 Å². The van der Waals surface area contributed by atoms with Crippen molar-refractivity contribution >= 4 is 5.91 Å². The molecule has 2 atom stereocenters. The van der Waals surface area contributed by atoms with E-state index in [1.807, 2.05) is 4.90 Å². The molecule has 0 radical (unpaired) electrons. The summed E-state index contributed by atoms with van der Waals surface area (Å²) in [6, 6.07) is 0. The first kappa shape index (κ1) is 13.3. The number of amides is 1. The Morgan fingerprint density at radius 2 is 1.94 bits per heavy atom. The third-order valence-corrected chi connectivity index (χ3v) is 13.5. The summed E-state index contributed by atoms with van der Waals surface area (Å²) < 4.78 is 3.93. The monoisotopic (exact) mass is 451 g/mol. The number of carbonyl (C=O) groups excluding carboxylic acids is 1. The summed E-state index contributed by atoms with van der Waals surface area (Å²) in [5.41, 5.74) is 0. The topological polar surface area (TPSA) is 40.5 Å². The minimum absolute atomic E-state index is 0.0635. The van der Waals surface area contributed by atoms with Crippen LogP contribution in [0.15, 0.2) is 0 Å². The fourth-order valence-corrected chi connectivity index (χ4v) is 12.8. The standard InChI is InChI=1S/C11H19I2NO2/c15-8-10-7-12-6-9(13-10)5-11(16)14-3-1-2-4-14/h9-10,15H,1-8H2/q-2/t9-,10+/m1/s1. The zero-order chi connectivity index (χ0) is 11.4. The van der Waals surface area contributed by atoms with Gasteiger partial charge in [-0.25, -0.2) is 0 Å². The first-order valence-corrected chi connectivity index (χ1v) is 11.4. The van der Waals surface area contributed by atoms with Crippen LogP contribution in [0.3, 0.4) is 0 Å². The Hall–Kier alpha value is 0.890. The van der Waals surface area contributed by atoms with E-state index in [4.69, 9.17) is 0 Å². The molecule has 0 aromatic rings. The third kappa shape index (κ3) is 3.69. The van der Waals surface area contributed by atoms with Crippen LogP contribution in [0.4, 0.5) is 0 Å². The molecule has 96 valence electrons. The molecule has 0 aliphatic carbocycles. The van der Waals surface area contributed by atoms with E-state index < -0.39 is 0 Å². The van der Waals surface area contributed by atoms with Crippen molar-refractivity contribution in [1.29, 1.82) is 0 Å². The van der Waals surface area contributed by atoms with Crippen LogP contribution in [0.2, 0.25) is 0 Å². The van der Waals surface area contributed by atoms with Crippen molar-refractivity contribution in [2.24, 2.45) is 0 Å². The molecular weight excluding hydrogens is 432 g/mol. The Balaban J connectivity index is 1.77. The molecule has 2 aliphatic rings. The van der Waals surface area contributed by atoms with E-state index in [0.717, 1.165) is 19.5 Å². The van der Waals surface area contributed by atoms with E-state index in [9.17, 15) is 9.90 Å². The van der Waals surface area contributed by atoms with Crippen LogP contribution in [0.25, 0.3) is 0 Å². The predicted octanol–water partition coefficient (Wildman–Crippen LogP) is -6.08. The molecule has 1 N–H and O–H groups in total. The van der Waals surface area contributed by atoms with Gasteiger partial charge >= 0.3 is 119 Å². The summed E-state index contributed by atoms with van der Waals surface area (Å²) >= 11 is 0.343. The normalized spacial score (nSPS) is 31.7. The molecule has 2 heterocycles. The van der Waals surface area contributed by atoms with Crippen LogP contribution in [0, 0.1) is 0 Å². The Bertz CT molecular complexity index is 244. The number of carbonyl (C=O) groups is 1. The molecule has 0 unspecified atom stereocenters. The Kier molecular flexibility index (Phi) is 5.60. The van der Waals surface area contributed by atoms with Gasteiger partial charge in [0.1, 0.15) is 0 Å². The number of rotatable bonds is 3. The summed E-state index contributed by atoms with van der Waals surface area (Å²) in [6.45, 7) is 2.35. The molecule has 0 aromatic carbocycles. The zero-order valence-corrected chi connectivity index (χ0v) is 13.7. The maximum atomic E-state index is 12.0. The van der Waals surface area contributed by atoms with Gasteiger partial charge in [-0.15, -0.1) is 0 Å². The Labute approximate surface area is 118 Å². The second kappa shape index (κ2) is 6.72. The molecule has 1 amide bonds. The molecule has 2 fully saturated rings. The molecule has 2 aliphatic heterocycles. The van der Waals surface area contributed by atoms with Gasteiger partial charge < -0.3 is 0 Å². The molecule has 16 heavy (non-hydrogen) atoms. The summed E-state index contributed by atoms with van der Waals surface area (Å²) in [4.78, 5) is 14.0. The molecule has 5 heteroatoms. The van der Waals surface area contributed by atoms with Crippen LogP contribution < -0.4 is 42.4 Å². The fourth-order valence-electron chi connectivity index (χ4n) is 2.09. The van der Waals surface area contributed by atoms with Gasteiger partial charge in [0.25, 0.3) is 0 Å². The van der Waals surface area contributed by atoms with Crippen molar-refractivity contribution in [1.82, 2.24) is 4.90 Å². The molecule has 0 saturated carbocycles. The van der Waals surface area contributed by atoms with E-state index in [2.05, 4.69) is 0 Å². The Morgan fingerprint density at radius 3 is 2.62 bits per heavy atom. The summed E-state index contributed by atoms with van der Waals surface area (Å²) in [5, 5.41) is 9.20. The molecular formula is C11H19I2NO2-2. The van der Waals surface area contributed by atoms with E-state index in [0.29, 0.717) is 20.4 Å². The van der Waals surface area contributed by atoms with Crippen LogP contribution in [0.1, 0.15) is 19.3 Å². The van der Waals surface area contributed by atoms with Crippen LogP contribution in [0.5, 0.6) is 0 Å². The molecule has 3 nitrogen and oxygen atoms in total. The van der Waals surface area contributed by atoms with Crippen molar-refractivity contribution in [2.75, 3.05) is 28.6 Å². The molecule has 2 saturated heterocycles. The van der Waals surface area contributed by atoms with Gasteiger partial charge in [-0.05, 0) is 0 Å². The number of hydrogen-bond acceptors (Lipinski definition) is 2. The van der Waals surface area contributed by atoms with Gasteiger partial charge in [0, 0.05) is 0 Å². The molecule has 0 aromatic heterocycles. The summed E-state index contributed by atoms with van der Waals surface area (Å²) in [7, 11) is 0. The average Bonchev–Trinajstić information content (AvgIpc) is 2.83. The summed E-state index contributed by atoms with van der Waals surface area (Å²) in [6.07, 6.45) is 3.18. The van der Waals surface area contributed by atoms with Crippen molar-refractivity contribution in [2.45, 2.75) is 27.1 Å². The van der Waals surface area contributed by atoms with Gasteiger partial charge in [-0.3, -0.25) is 0 Å². The number of alkyl halides is 4. The number of likely N-dealkylation sites (tertiary alicyclic amines) is 1. The van der Waals surface area contributed by atoms with Gasteiger partial charge in [-0.2, -0.15) is 0 Å². The van der Waals surface area contributed by atoms with Crippen LogP contribution in [-0.2, 0) is 4.79 Å². The number of aliphatic hydroxyl groups excluding tert-OH is 1. The van der Waals surface area contributed by atoms with Gasteiger partial charge in [-0.1, -0.05) is 0 Å². The molecule has 0 bridgehead atoms. The number of hydrogen-bond donors (Lipinski definition) is 1. The SMILES string of the molecule is O=C(C[C@@H]1C[I-]C[C@@H](CO)[I-]1)N1CCCC1. The van der Waals surface area contributed by atoms with Crippen LogP contribution in [-0.4, -0.2) is 52.3 Å². The number of nitrogens with zero attached hydrogens (tertiary/aromatic N) is 1. The summed E-state index contributed by atoms with van der Waals surface area (Å²) in [5.74, 6) is 0.393. The Morgan fingerprint density at radius 1 is 1.25 bits per heavy atom. The van der Waals surface area contributed by atoms with Crippen molar-refractivity contribution < 1.29 is 52.3 Å². The maximum absolute atomic E-state index is 12.0. The van der Waals surface area contributed by atoms with Crippen molar-refractivity contribution in [3.8, 4) is 0 Å². The third-order valence-electron chi connectivity index (χ3n) is 2.96. The first-order chi connectivity index (χ1) is 7.79. The van der Waals surface area contributed by atoms with Crippen LogP contribution >= 0.6 is 0 Å². The second-order valence-corrected chi connectivity index (χ2v) is 11.4. The molecule has 0 spiro atoms. The number of halogens is 2. The van der Waals surface area contributed by atoms with Gasteiger partial charge in [0.05, 0.1) is 0 Å². The predicted molar refractivity (Wildman–Crippen MR) is 54.8 cm³/mol. The van der Waals surface area contributed by atoms with Crippen molar-refractivity contribution in [3.05, 3.63) is 0 Å². The fraction of sp³-hybridized carbons (Fsp3) is 0.909.